The lowest BCUT2D eigenvalue weighted by Crippen LogP contribution is -2.13. The Bertz CT molecular complexity index is 935. The summed E-state index contributed by atoms with van der Waals surface area (Å²) < 4.78 is 14.7. The summed E-state index contributed by atoms with van der Waals surface area (Å²) in [6.45, 7) is 3.63. The van der Waals surface area contributed by atoms with Crippen LogP contribution in [0.5, 0.6) is 0 Å². The van der Waals surface area contributed by atoms with E-state index < -0.39 is 5.82 Å². The van der Waals surface area contributed by atoms with Crippen molar-refractivity contribution in [2.75, 3.05) is 5.32 Å². The molecular formula is C16H14ClFN4O. The highest BCUT2D eigenvalue weighted by molar-refractivity contribution is 6.34. The van der Waals surface area contributed by atoms with Gasteiger partial charge in [0.2, 0.25) is 0 Å². The van der Waals surface area contributed by atoms with Gasteiger partial charge in [0.25, 0.3) is 5.91 Å². The Balaban J connectivity index is 2.07. The number of benzene rings is 1. The summed E-state index contributed by atoms with van der Waals surface area (Å²) in [7, 11) is 1.78. The van der Waals surface area contributed by atoms with Gasteiger partial charge in [0.05, 0.1) is 27.4 Å². The zero-order valence-corrected chi connectivity index (χ0v) is 13.6. The number of anilines is 1. The third-order valence-corrected chi connectivity index (χ3v) is 3.83. The number of hydrogen-bond acceptors (Lipinski definition) is 3. The molecule has 0 atom stereocenters. The summed E-state index contributed by atoms with van der Waals surface area (Å²) in [6, 6.07) is 5.52. The Morgan fingerprint density at radius 2 is 2.04 bits per heavy atom. The van der Waals surface area contributed by atoms with Crippen molar-refractivity contribution in [3.8, 4) is 0 Å². The Morgan fingerprint density at radius 3 is 2.74 bits per heavy atom. The molecule has 0 saturated heterocycles. The Kier molecular flexibility index (Phi) is 3.77. The van der Waals surface area contributed by atoms with Gasteiger partial charge < -0.3 is 5.32 Å². The predicted octanol–water partition coefficient (Wildman–Crippen LogP) is 3.63. The molecule has 7 heteroatoms. The van der Waals surface area contributed by atoms with Gasteiger partial charge in [0.1, 0.15) is 5.82 Å². The molecule has 118 valence electrons. The van der Waals surface area contributed by atoms with E-state index in [1.807, 2.05) is 13.8 Å². The molecule has 2 aromatic heterocycles. The van der Waals surface area contributed by atoms with Crippen LogP contribution in [0.2, 0.25) is 5.02 Å². The Labute approximate surface area is 137 Å². The second-order valence-electron chi connectivity index (χ2n) is 5.30. The van der Waals surface area contributed by atoms with Crippen LogP contribution in [0.15, 0.2) is 24.3 Å². The smallest absolute Gasteiger partial charge is 0.256 e. The first-order valence-electron chi connectivity index (χ1n) is 6.94. The lowest BCUT2D eigenvalue weighted by atomic mass is 10.1. The van der Waals surface area contributed by atoms with Crippen molar-refractivity contribution < 1.29 is 9.18 Å². The van der Waals surface area contributed by atoms with Crippen LogP contribution in [-0.4, -0.2) is 20.7 Å². The molecule has 0 aliphatic carbocycles. The van der Waals surface area contributed by atoms with Crippen molar-refractivity contribution in [1.29, 1.82) is 0 Å². The standard InChI is InChI=1S/C16H14ClFN4O/c1-8-6-11(14-9(2)21-22(3)15(14)19-8)16(23)20-13-5-4-10(18)7-12(13)17/h4-7H,1-3H3,(H,20,23). The fourth-order valence-corrected chi connectivity index (χ4v) is 2.74. The molecule has 0 unspecified atom stereocenters. The van der Waals surface area contributed by atoms with Gasteiger partial charge in [-0.25, -0.2) is 9.37 Å². The summed E-state index contributed by atoms with van der Waals surface area (Å²) in [5.74, 6) is -0.802. The van der Waals surface area contributed by atoms with E-state index in [9.17, 15) is 9.18 Å². The fraction of sp³-hybridized carbons (Fsp3) is 0.188. The maximum Gasteiger partial charge on any atom is 0.256 e. The number of carbonyl (C=O) groups excluding carboxylic acids is 1. The van der Waals surface area contributed by atoms with Gasteiger partial charge in [-0.15, -0.1) is 0 Å². The highest BCUT2D eigenvalue weighted by Crippen LogP contribution is 2.26. The number of rotatable bonds is 2. The average molecular weight is 333 g/mol. The maximum absolute atomic E-state index is 13.1. The van der Waals surface area contributed by atoms with Crippen molar-refractivity contribution in [1.82, 2.24) is 14.8 Å². The molecule has 0 radical (unpaired) electrons. The van der Waals surface area contributed by atoms with Gasteiger partial charge in [0, 0.05) is 12.7 Å². The number of halogens is 2. The SMILES string of the molecule is Cc1cc(C(=O)Nc2ccc(F)cc2Cl)c2c(C)nn(C)c2n1. The second-order valence-corrected chi connectivity index (χ2v) is 5.70. The van der Waals surface area contributed by atoms with Crippen LogP contribution in [0.25, 0.3) is 11.0 Å². The minimum Gasteiger partial charge on any atom is -0.321 e. The van der Waals surface area contributed by atoms with E-state index in [1.165, 1.54) is 12.1 Å². The molecule has 0 fully saturated rings. The molecule has 2 heterocycles. The summed E-state index contributed by atoms with van der Waals surface area (Å²) in [5, 5.41) is 7.85. The van der Waals surface area contributed by atoms with Crippen LogP contribution >= 0.6 is 11.6 Å². The number of pyridine rings is 1. The van der Waals surface area contributed by atoms with E-state index >= 15 is 0 Å². The third-order valence-electron chi connectivity index (χ3n) is 3.52. The van der Waals surface area contributed by atoms with Crippen LogP contribution in [-0.2, 0) is 7.05 Å². The van der Waals surface area contributed by atoms with Crippen LogP contribution < -0.4 is 5.32 Å². The molecule has 0 saturated carbocycles. The van der Waals surface area contributed by atoms with Gasteiger partial charge in [-0.3, -0.25) is 9.48 Å². The van der Waals surface area contributed by atoms with Crippen LogP contribution in [0.1, 0.15) is 21.7 Å². The largest absolute Gasteiger partial charge is 0.321 e. The maximum atomic E-state index is 13.1. The number of nitrogens with zero attached hydrogens (tertiary/aromatic N) is 3. The number of amides is 1. The van der Waals surface area contributed by atoms with Crippen molar-refractivity contribution >= 4 is 34.2 Å². The van der Waals surface area contributed by atoms with Gasteiger partial charge in [0.15, 0.2) is 5.65 Å². The zero-order valence-electron chi connectivity index (χ0n) is 12.8. The first kappa shape index (κ1) is 15.4. The molecule has 3 aromatic rings. The molecule has 23 heavy (non-hydrogen) atoms. The predicted molar refractivity (Wildman–Crippen MR) is 87.3 cm³/mol. The van der Waals surface area contributed by atoms with Crippen molar-refractivity contribution in [3.63, 3.8) is 0 Å². The van der Waals surface area contributed by atoms with Crippen molar-refractivity contribution in [3.05, 3.63) is 52.1 Å². The monoisotopic (exact) mass is 332 g/mol. The molecule has 0 aliphatic heterocycles. The van der Waals surface area contributed by atoms with Gasteiger partial charge in [-0.05, 0) is 38.1 Å². The molecule has 1 N–H and O–H groups in total. The quantitative estimate of drug-likeness (QED) is 0.779. The van der Waals surface area contributed by atoms with E-state index in [2.05, 4.69) is 15.4 Å². The number of fused-ring (bicyclic) bond motifs is 1. The van der Waals surface area contributed by atoms with Gasteiger partial charge in [-0.2, -0.15) is 5.10 Å². The van der Waals surface area contributed by atoms with Crippen molar-refractivity contribution in [2.45, 2.75) is 13.8 Å². The van der Waals surface area contributed by atoms with E-state index in [0.717, 1.165) is 6.07 Å². The molecule has 1 aromatic carbocycles. The molecular weight excluding hydrogens is 319 g/mol. The number of aryl methyl sites for hydroxylation is 3. The fourth-order valence-electron chi connectivity index (χ4n) is 2.53. The lowest BCUT2D eigenvalue weighted by Gasteiger charge is -2.09. The molecule has 0 spiro atoms. The zero-order chi connectivity index (χ0) is 16.7. The van der Waals surface area contributed by atoms with Crippen LogP contribution in [0.4, 0.5) is 10.1 Å². The average Bonchev–Trinajstić information content (AvgIpc) is 2.76. The minimum atomic E-state index is -0.460. The normalized spacial score (nSPS) is 11.0. The number of hydrogen-bond donors (Lipinski definition) is 1. The molecule has 0 bridgehead atoms. The van der Waals surface area contributed by atoms with Gasteiger partial charge >= 0.3 is 0 Å². The number of carbonyl (C=O) groups is 1. The summed E-state index contributed by atoms with van der Waals surface area (Å²) in [6.07, 6.45) is 0. The highest BCUT2D eigenvalue weighted by Gasteiger charge is 2.18. The van der Waals surface area contributed by atoms with Crippen LogP contribution in [0, 0.1) is 19.7 Å². The second kappa shape index (κ2) is 5.62. The first-order chi connectivity index (χ1) is 10.9. The number of aromatic nitrogens is 3. The van der Waals surface area contributed by atoms with E-state index in [0.29, 0.717) is 33.7 Å². The minimum absolute atomic E-state index is 0.142. The van der Waals surface area contributed by atoms with E-state index in [4.69, 9.17) is 11.6 Å². The summed E-state index contributed by atoms with van der Waals surface area (Å²) in [4.78, 5) is 17.1. The molecule has 0 aliphatic rings. The first-order valence-corrected chi connectivity index (χ1v) is 7.32. The van der Waals surface area contributed by atoms with E-state index in [-0.39, 0.29) is 10.9 Å². The van der Waals surface area contributed by atoms with Crippen molar-refractivity contribution in [2.24, 2.45) is 7.05 Å². The van der Waals surface area contributed by atoms with Crippen LogP contribution in [0.3, 0.4) is 0 Å². The molecule has 5 nitrogen and oxygen atoms in total. The Hall–Kier alpha value is -2.47. The third kappa shape index (κ3) is 2.77. The molecule has 1 amide bonds. The Morgan fingerprint density at radius 1 is 1.30 bits per heavy atom. The summed E-state index contributed by atoms with van der Waals surface area (Å²) in [5.41, 5.74) is 2.86. The van der Waals surface area contributed by atoms with Gasteiger partial charge in [-0.1, -0.05) is 11.6 Å². The lowest BCUT2D eigenvalue weighted by molar-refractivity contribution is 0.102. The number of nitrogens with one attached hydrogen (secondary N) is 1. The summed E-state index contributed by atoms with van der Waals surface area (Å²) >= 11 is 5.96. The molecule has 3 rings (SSSR count). The highest BCUT2D eigenvalue weighted by atomic mass is 35.5. The van der Waals surface area contributed by atoms with E-state index in [1.54, 1.807) is 17.8 Å². The topological polar surface area (TPSA) is 59.8 Å².